The lowest BCUT2D eigenvalue weighted by Gasteiger charge is -2.13. The van der Waals surface area contributed by atoms with Crippen LogP contribution in [0.1, 0.15) is 99.8 Å². The molecule has 3 aromatic carbocycles. The van der Waals surface area contributed by atoms with Crippen LogP contribution >= 0.6 is 0 Å². The highest BCUT2D eigenvalue weighted by Crippen LogP contribution is 2.24. The Balaban J connectivity index is 1.70. The van der Waals surface area contributed by atoms with E-state index >= 15 is 0 Å². The highest BCUT2D eigenvalue weighted by atomic mass is 16.6. The number of hydrogen-bond acceptors (Lipinski definition) is 18. The molecule has 69 heavy (non-hydrogen) atoms. The minimum atomic E-state index is -0.815. The van der Waals surface area contributed by atoms with E-state index in [0.717, 1.165) is 0 Å². The number of ether oxygens (including phenoxy) is 6. The van der Waals surface area contributed by atoms with E-state index in [9.17, 15) is 28.8 Å². The Morgan fingerprint density at radius 2 is 0.507 bits per heavy atom. The Labute approximate surface area is 401 Å². The molecule has 0 aliphatic rings. The van der Waals surface area contributed by atoms with Crippen molar-refractivity contribution in [2.45, 2.75) is 120 Å². The molecule has 4 rings (SSSR count). The first-order chi connectivity index (χ1) is 32.5. The second kappa shape index (κ2) is 25.3. The van der Waals surface area contributed by atoms with E-state index in [1.165, 1.54) is 18.2 Å². The molecule has 18 nitrogen and oxygen atoms in total. The number of aromatic nitrogens is 3. The smallest absolute Gasteiger partial charge is 0.345 e. The summed E-state index contributed by atoms with van der Waals surface area (Å²) in [5, 5.41) is 9.46. The first kappa shape index (κ1) is 53.7. The largest absolute Gasteiger partial charge is 0.459 e. The monoisotopic (exact) mass is 948 g/mol. The summed E-state index contributed by atoms with van der Waals surface area (Å²) in [5.74, 6) is -4.57. The third-order valence-electron chi connectivity index (χ3n) is 8.44. The standard InChI is InChI=1S/C51H60N6O12/c1-28(2)64-43(58)40(44(59)65-29(3)4)25-34-13-19-37(20-14-34)52-49-55-50(53-38-21-15-35(16-22-38)26-41(45(60)66-30(5)6)46(61)67-31(7)8)57-51(56-49)54-39-23-17-36(18-24-39)27-42(47(62)68-32(9)10)48(63)69-33(11)12/h13-33H,1-12H3,(H3,52,53,54,55,56,57). The number of carbonyl (C=O) groups is 6. The summed E-state index contributed by atoms with van der Waals surface area (Å²) in [6, 6.07) is 20.2. The molecular formula is C51H60N6O12. The highest BCUT2D eigenvalue weighted by molar-refractivity contribution is 6.19. The zero-order chi connectivity index (χ0) is 50.9. The van der Waals surface area contributed by atoms with Gasteiger partial charge in [-0.25, -0.2) is 28.8 Å². The van der Waals surface area contributed by atoms with Crippen LogP contribution in [0.5, 0.6) is 0 Å². The van der Waals surface area contributed by atoms with Gasteiger partial charge >= 0.3 is 35.8 Å². The van der Waals surface area contributed by atoms with E-state index in [2.05, 4.69) is 30.9 Å². The van der Waals surface area contributed by atoms with Gasteiger partial charge in [0.2, 0.25) is 17.8 Å². The fourth-order valence-electron chi connectivity index (χ4n) is 5.69. The number of nitrogens with zero attached hydrogens (tertiary/aromatic N) is 3. The van der Waals surface area contributed by atoms with E-state index in [4.69, 9.17) is 28.4 Å². The van der Waals surface area contributed by atoms with Crippen LogP contribution in [0.2, 0.25) is 0 Å². The Kier molecular flexibility index (Phi) is 19.7. The lowest BCUT2D eigenvalue weighted by Crippen LogP contribution is -2.23. The maximum Gasteiger partial charge on any atom is 0.345 e. The molecule has 0 amide bonds. The molecule has 0 aliphatic heterocycles. The van der Waals surface area contributed by atoms with Gasteiger partial charge in [0.05, 0.1) is 36.6 Å². The van der Waals surface area contributed by atoms with E-state index in [1.807, 2.05) is 0 Å². The Bertz CT molecular complexity index is 2180. The summed E-state index contributed by atoms with van der Waals surface area (Å²) in [4.78, 5) is 90.8. The number of esters is 6. The zero-order valence-electron chi connectivity index (χ0n) is 40.9. The summed E-state index contributed by atoms with van der Waals surface area (Å²) in [6.07, 6.45) is 1.39. The second-order valence-corrected chi connectivity index (χ2v) is 16.9. The van der Waals surface area contributed by atoms with Gasteiger partial charge in [-0.1, -0.05) is 36.4 Å². The molecule has 3 N–H and O–H groups in total. The Hall–Kier alpha value is -7.89. The van der Waals surface area contributed by atoms with Crippen molar-refractivity contribution in [1.29, 1.82) is 0 Å². The van der Waals surface area contributed by atoms with E-state index in [0.29, 0.717) is 33.8 Å². The molecule has 1 heterocycles. The number of carbonyl (C=O) groups excluding carboxylic acids is 6. The Morgan fingerprint density at radius 3 is 0.667 bits per heavy atom. The molecule has 0 bridgehead atoms. The van der Waals surface area contributed by atoms with Crippen molar-refractivity contribution < 1.29 is 57.2 Å². The highest BCUT2D eigenvalue weighted by Gasteiger charge is 2.26. The molecule has 0 saturated heterocycles. The molecule has 4 aromatic rings. The van der Waals surface area contributed by atoms with E-state index in [1.54, 1.807) is 156 Å². The quantitative estimate of drug-likeness (QED) is 0.0232. The fourth-order valence-corrected chi connectivity index (χ4v) is 5.69. The van der Waals surface area contributed by atoms with Crippen molar-refractivity contribution in [3.8, 4) is 0 Å². The van der Waals surface area contributed by atoms with Gasteiger partial charge in [0, 0.05) is 17.1 Å². The first-order valence-corrected chi connectivity index (χ1v) is 22.3. The SMILES string of the molecule is CC(C)OC(=O)C(=Cc1ccc(Nc2nc(Nc3ccc(C=C(C(=O)OC(C)C)C(=O)OC(C)C)cc3)nc(Nc3ccc(C=C(C(=O)OC(C)C)C(=O)OC(C)C)cc3)n2)cc1)C(=O)OC(C)C. The predicted octanol–water partition coefficient (Wildman–Crippen LogP) is 8.96. The topological polar surface area (TPSA) is 233 Å². The van der Waals surface area contributed by atoms with Crippen LogP contribution in [0, 0.1) is 0 Å². The van der Waals surface area contributed by atoms with Crippen molar-refractivity contribution >= 4 is 89.0 Å². The summed E-state index contributed by atoms with van der Waals surface area (Å²) in [6.45, 7) is 20.1. The van der Waals surface area contributed by atoms with Crippen LogP contribution in [0.3, 0.4) is 0 Å². The number of nitrogens with one attached hydrogen (secondary N) is 3. The predicted molar refractivity (Wildman–Crippen MR) is 260 cm³/mol. The van der Waals surface area contributed by atoms with Gasteiger partial charge in [-0.2, -0.15) is 15.0 Å². The molecule has 0 unspecified atom stereocenters. The van der Waals surface area contributed by atoms with Crippen molar-refractivity contribution in [3.05, 3.63) is 106 Å². The average molecular weight is 949 g/mol. The van der Waals surface area contributed by atoms with Crippen LogP contribution in [0.15, 0.2) is 89.5 Å². The number of hydrogen-bond donors (Lipinski definition) is 3. The molecule has 0 saturated carbocycles. The van der Waals surface area contributed by atoms with Gasteiger partial charge in [-0.3, -0.25) is 0 Å². The number of benzene rings is 3. The van der Waals surface area contributed by atoms with E-state index in [-0.39, 0.29) is 34.6 Å². The number of rotatable bonds is 21. The lowest BCUT2D eigenvalue weighted by molar-refractivity contribution is -0.152. The van der Waals surface area contributed by atoms with Gasteiger partial charge < -0.3 is 44.4 Å². The van der Waals surface area contributed by atoms with Crippen LogP contribution in [0.25, 0.3) is 18.2 Å². The van der Waals surface area contributed by atoms with E-state index < -0.39 is 72.4 Å². The van der Waals surface area contributed by atoms with Gasteiger partial charge in [-0.15, -0.1) is 0 Å². The van der Waals surface area contributed by atoms with Crippen molar-refractivity contribution in [3.63, 3.8) is 0 Å². The Morgan fingerprint density at radius 1 is 0.333 bits per heavy atom. The molecule has 1 aromatic heterocycles. The van der Waals surface area contributed by atoms with Crippen LogP contribution < -0.4 is 16.0 Å². The summed E-state index contributed by atoms with van der Waals surface area (Å²) < 4.78 is 31.8. The lowest BCUT2D eigenvalue weighted by atomic mass is 10.1. The first-order valence-electron chi connectivity index (χ1n) is 22.3. The fraction of sp³-hybridized carbons (Fsp3) is 0.353. The van der Waals surface area contributed by atoms with Crippen molar-refractivity contribution in [1.82, 2.24) is 15.0 Å². The molecule has 0 radical (unpaired) electrons. The van der Waals surface area contributed by atoms with Gasteiger partial charge in [0.15, 0.2) is 0 Å². The van der Waals surface area contributed by atoms with Crippen LogP contribution in [0.4, 0.5) is 34.9 Å². The normalized spacial score (nSPS) is 10.9. The second-order valence-electron chi connectivity index (χ2n) is 16.9. The number of anilines is 6. The van der Waals surface area contributed by atoms with Crippen LogP contribution in [-0.4, -0.2) is 87.4 Å². The minimum Gasteiger partial charge on any atom is -0.459 e. The zero-order valence-corrected chi connectivity index (χ0v) is 40.9. The maximum atomic E-state index is 12.8. The van der Waals surface area contributed by atoms with Gasteiger partial charge in [0.25, 0.3) is 0 Å². The minimum absolute atomic E-state index is 0.105. The van der Waals surface area contributed by atoms with Gasteiger partial charge in [0.1, 0.15) is 16.7 Å². The van der Waals surface area contributed by atoms with Crippen molar-refractivity contribution in [2.24, 2.45) is 0 Å². The molecule has 0 atom stereocenters. The molecular weight excluding hydrogens is 889 g/mol. The van der Waals surface area contributed by atoms with Crippen LogP contribution in [-0.2, 0) is 57.2 Å². The molecule has 0 aliphatic carbocycles. The average Bonchev–Trinajstić information content (AvgIpc) is 3.23. The van der Waals surface area contributed by atoms with Crippen molar-refractivity contribution in [2.75, 3.05) is 16.0 Å². The summed E-state index contributed by atoms with van der Waals surface area (Å²) >= 11 is 0. The summed E-state index contributed by atoms with van der Waals surface area (Å²) in [5.41, 5.74) is 2.33. The molecule has 18 heteroatoms. The third kappa shape index (κ3) is 18.0. The third-order valence-corrected chi connectivity index (χ3v) is 8.44. The van der Waals surface area contributed by atoms with Gasteiger partial charge in [-0.05, 0) is 154 Å². The molecule has 366 valence electrons. The maximum absolute atomic E-state index is 12.8. The molecule has 0 spiro atoms. The summed E-state index contributed by atoms with van der Waals surface area (Å²) in [7, 11) is 0. The molecule has 0 fully saturated rings.